The van der Waals surface area contributed by atoms with Crippen molar-refractivity contribution in [3.63, 3.8) is 0 Å². The van der Waals surface area contributed by atoms with E-state index in [0.717, 1.165) is 0 Å². The van der Waals surface area contributed by atoms with E-state index in [-0.39, 0.29) is 6.61 Å². The predicted octanol–water partition coefficient (Wildman–Crippen LogP) is 1.33. The number of pyridine rings is 1. The zero-order chi connectivity index (χ0) is 10.8. The summed E-state index contributed by atoms with van der Waals surface area (Å²) in [6.45, 7) is 3.20. The summed E-state index contributed by atoms with van der Waals surface area (Å²) in [7, 11) is 0. The van der Waals surface area contributed by atoms with E-state index in [1.54, 1.807) is 18.3 Å². The van der Waals surface area contributed by atoms with Gasteiger partial charge in [-0.1, -0.05) is 11.6 Å². The largest absolute Gasteiger partial charge is 0.399 e. The number of anilines is 1. The number of hydrogen-bond acceptors (Lipinski definition) is 4. The molecule has 4 nitrogen and oxygen atoms in total. The molecular weight excluding hydrogens is 204 g/mol. The van der Waals surface area contributed by atoms with Crippen molar-refractivity contribution in [1.29, 1.82) is 0 Å². The highest BCUT2D eigenvalue weighted by Gasteiger charge is 1.84. The molecule has 0 unspecified atom stereocenters. The van der Waals surface area contributed by atoms with Gasteiger partial charge in [0.05, 0.1) is 13.2 Å². The van der Waals surface area contributed by atoms with Gasteiger partial charge in [0.1, 0.15) is 5.15 Å². The van der Waals surface area contributed by atoms with Crippen molar-refractivity contribution in [2.75, 3.05) is 25.6 Å². The third-order valence-electron chi connectivity index (χ3n) is 1.19. The van der Waals surface area contributed by atoms with Gasteiger partial charge in [0.2, 0.25) is 0 Å². The molecule has 0 amide bonds. The number of nitrogens with two attached hydrogens (primary N) is 1. The summed E-state index contributed by atoms with van der Waals surface area (Å²) in [6, 6.07) is 3.29. The number of nitrogen functional groups attached to an aromatic ring is 1. The average molecular weight is 219 g/mol. The highest BCUT2D eigenvalue weighted by atomic mass is 35.5. The number of halogens is 1. The molecule has 0 radical (unpaired) electrons. The summed E-state index contributed by atoms with van der Waals surface area (Å²) in [6.07, 6.45) is 1.57. The van der Waals surface area contributed by atoms with E-state index >= 15 is 0 Å². The van der Waals surface area contributed by atoms with Gasteiger partial charge in [0.25, 0.3) is 0 Å². The second-order valence-corrected chi connectivity index (χ2v) is 2.72. The molecule has 14 heavy (non-hydrogen) atoms. The van der Waals surface area contributed by atoms with Gasteiger partial charge in [0, 0.05) is 18.5 Å². The lowest BCUT2D eigenvalue weighted by molar-refractivity contribution is 0.102. The van der Waals surface area contributed by atoms with Crippen molar-refractivity contribution in [2.45, 2.75) is 6.92 Å². The Kier molecular flexibility index (Phi) is 8.22. The summed E-state index contributed by atoms with van der Waals surface area (Å²) in [5, 5.41) is 8.51. The fraction of sp³-hybridized carbons (Fsp3) is 0.444. The van der Waals surface area contributed by atoms with Crippen LogP contribution < -0.4 is 5.73 Å². The van der Waals surface area contributed by atoms with Crippen molar-refractivity contribution in [3.8, 4) is 0 Å². The van der Waals surface area contributed by atoms with E-state index < -0.39 is 0 Å². The maximum atomic E-state index is 8.07. The van der Waals surface area contributed by atoms with Crippen LogP contribution >= 0.6 is 11.6 Å². The van der Waals surface area contributed by atoms with Crippen molar-refractivity contribution < 1.29 is 9.84 Å². The maximum absolute atomic E-state index is 8.07. The van der Waals surface area contributed by atoms with Gasteiger partial charge in [-0.25, -0.2) is 4.98 Å². The first-order valence-corrected chi connectivity index (χ1v) is 4.64. The summed E-state index contributed by atoms with van der Waals surface area (Å²) in [4.78, 5) is 3.73. The van der Waals surface area contributed by atoms with Crippen LogP contribution in [0.3, 0.4) is 0 Å². The van der Waals surface area contributed by atoms with Crippen LogP contribution in [0.4, 0.5) is 5.69 Å². The van der Waals surface area contributed by atoms with Crippen LogP contribution in [0.1, 0.15) is 6.92 Å². The number of rotatable bonds is 3. The van der Waals surface area contributed by atoms with Crippen LogP contribution in [-0.2, 0) is 4.74 Å². The Morgan fingerprint density at radius 2 is 2.36 bits per heavy atom. The highest BCUT2D eigenvalue weighted by molar-refractivity contribution is 6.29. The third-order valence-corrected chi connectivity index (χ3v) is 1.40. The summed E-state index contributed by atoms with van der Waals surface area (Å²) < 4.78 is 4.73. The average Bonchev–Trinajstić information content (AvgIpc) is 2.15. The molecule has 1 rings (SSSR count). The summed E-state index contributed by atoms with van der Waals surface area (Å²) in [5.41, 5.74) is 5.98. The van der Waals surface area contributed by atoms with E-state index in [1.807, 2.05) is 6.92 Å². The number of nitrogens with zero attached hydrogens (tertiary/aromatic N) is 1. The van der Waals surface area contributed by atoms with Crippen molar-refractivity contribution in [2.24, 2.45) is 0 Å². The van der Waals surface area contributed by atoms with Crippen molar-refractivity contribution >= 4 is 17.3 Å². The van der Waals surface area contributed by atoms with Crippen molar-refractivity contribution in [1.82, 2.24) is 4.98 Å². The first-order chi connectivity index (χ1) is 6.70. The molecule has 0 aromatic carbocycles. The van der Waals surface area contributed by atoms with Gasteiger partial charge in [0.15, 0.2) is 0 Å². The first-order valence-electron chi connectivity index (χ1n) is 4.26. The van der Waals surface area contributed by atoms with Gasteiger partial charge >= 0.3 is 0 Å². The predicted molar refractivity (Wildman–Crippen MR) is 57.2 cm³/mol. The molecule has 80 valence electrons. The molecule has 1 heterocycles. The van der Waals surface area contributed by atoms with Gasteiger partial charge in [-0.3, -0.25) is 0 Å². The molecular formula is C9H15ClN2O2. The number of aromatic nitrogens is 1. The fourth-order valence-electron chi connectivity index (χ4n) is 0.626. The van der Waals surface area contributed by atoms with Crippen LogP contribution in [-0.4, -0.2) is 29.9 Å². The Labute approximate surface area is 88.7 Å². The van der Waals surface area contributed by atoms with Gasteiger partial charge in [-0.05, 0) is 19.1 Å². The topological polar surface area (TPSA) is 68.4 Å². The number of aliphatic hydroxyl groups is 1. The molecule has 3 N–H and O–H groups in total. The molecule has 0 fully saturated rings. The van der Waals surface area contributed by atoms with Crippen LogP contribution in [0.25, 0.3) is 0 Å². The molecule has 0 aliphatic rings. The van der Waals surface area contributed by atoms with Crippen molar-refractivity contribution in [3.05, 3.63) is 23.5 Å². The molecule has 0 atom stereocenters. The Bertz CT molecular complexity index is 225. The molecule has 1 aromatic rings. The van der Waals surface area contributed by atoms with Gasteiger partial charge in [-0.2, -0.15) is 0 Å². The summed E-state index contributed by atoms with van der Waals surface area (Å²) >= 11 is 5.45. The van der Waals surface area contributed by atoms with Gasteiger partial charge in [-0.15, -0.1) is 0 Å². The minimum atomic E-state index is 0.133. The molecule has 0 bridgehead atoms. The Morgan fingerprint density at radius 3 is 2.64 bits per heavy atom. The summed E-state index contributed by atoms with van der Waals surface area (Å²) in [5.74, 6) is 0. The highest BCUT2D eigenvalue weighted by Crippen LogP contribution is 2.06. The minimum Gasteiger partial charge on any atom is -0.399 e. The minimum absolute atomic E-state index is 0.133. The Morgan fingerprint density at radius 1 is 1.64 bits per heavy atom. The lowest BCUT2D eigenvalue weighted by Crippen LogP contribution is -1.96. The van der Waals surface area contributed by atoms with E-state index in [1.165, 1.54) is 0 Å². The maximum Gasteiger partial charge on any atom is 0.131 e. The van der Waals surface area contributed by atoms with E-state index in [0.29, 0.717) is 24.1 Å². The Hall–Kier alpha value is -0.840. The lowest BCUT2D eigenvalue weighted by atomic mass is 10.4. The zero-order valence-corrected chi connectivity index (χ0v) is 8.87. The first kappa shape index (κ1) is 13.2. The SMILES string of the molecule is CCOCCO.Nc1ccnc(Cl)c1. The second kappa shape index (κ2) is 8.74. The molecule has 1 aromatic heterocycles. The fourth-order valence-corrected chi connectivity index (χ4v) is 0.809. The zero-order valence-electron chi connectivity index (χ0n) is 8.11. The quantitative estimate of drug-likeness (QED) is 0.593. The Balaban J connectivity index is 0.000000255. The lowest BCUT2D eigenvalue weighted by Gasteiger charge is -1.91. The molecule has 0 saturated carbocycles. The molecule has 0 spiro atoms. The van der Waals surface area contributed by atoms with Crippen LogP contribution in [0.5, 0.6) is 0 Å². The number of aliphatic hydroxyl groups excluding tert-OH is 1. The van der Waals surface area contributed by atoms with E-state index in [2.05, 4.69) is 4.98 Å². The van der Waals surface area contributed by atoms with Crippen LogP contribution in [0, 0.1) is 0 Å². The molecule has 5 heteroatoms. The normalized spacial score (nSPS) is 9.07. The standard InChI is InChI=1S/C5H5ClN2.C4H10O2/c6-5-3-4(7)1-2-8-5;1-2-6-4-3-5/h1-3H,(H2,7,8);5H,2-4H2,1H3. The number of hydrogen-bond donors (Lipinski definition) is 2. The van der Waals surface area contributed by atoms with Gasteiger partial charge < -0.3 is 15.6 Å². The molecule has 0 aliphatic heterocycles. The number of ether oxygens (including phenoxy) is 1. The smallest absolute Gasteiger partial charge is 0.131 e. The van der Waals surface area contributed by atoms with Crippen LogP contribution in [0.2, 0.25) is 5.15 Å². The van der Waals surface area contributed by atoms with Crippen LogP contribution in [0.15, 0.2) is 18.3 Å². The van der Waals surface area contributed by atoms with E-state index in [9.17, 15) is 0 Å². The van der Waals surface area contributed by atoms with E-state index in [4.69, 9.17) is 27.2 Å². The molecule has 0 aliphatic carbocycles. The monoisotopic (exact) mass is 218 g/mol. The molecule has 0 saturated heterocycles. The third kappa shape index (κ3) is 7.79. The second-order valence-electron chi connectivity index (χ2n) is 2.33.